The van der Waals surface area contributed by atoms with Gasteiger partial charge in [0.05, 0.1) is 22.6 Å². The number of para-hydroxylation sites is 2. The van der Waals surface area contributed by atoms with E-state index in [9.17, 15) is 13.2 Å². The summed E-state index contributed by atoms with van der Waals surface area (Å²) in [6.07, 6.45) is 0. The van der Waals surface area contributed by atoms with Gasteiger partial charge in [-0.3, -0.25) is 9.10 Å². The Morgan fingerprint density at radius 3 is 2.21 bits per heavy atom. The van der Waals surface area contributed by atoms with Gasteiger partial charge in [-0.05, 0) is 48.2 Å². The van der Waals surface area contributed by atoms with Crippen LogP contribution in [0, 0.1) is 6.92 Å². The summed E-state index contributed by atoms with van der Waals surface area (Å²) in [7, 11) is -3.85. The smallest absolute Gasteiger partial charge is 0.264 e. The van der Waals surface area contributed by atoms with Crippen LogP contribution in [0.4, 0.5) is 5.69 Å². The zero-order chi connectivity index (χ0) is 20.4. The molecule has 4 rings (SSSR count). The predicted molar refractivity (Wildman–Crippen MR) is 116 cm³/mol. The van der Waals surface area contributed by atoms with Gasteiger partial charge in [0.2, 0.25) is 0 Å². The molecule has 4 aromatic rings. The first kappa shape index (κ1) is 19.0. The molecule has 0 bridgehead atoms. The number of hydrogen-bond acceptors (Lipinski definition) is 3. The normalized spacial score (nSPS) is 11.5. The summed E-state index contributed by atoms with van der Waals surface area (Å²) in [6.45, 7) is 1.86. The Hall–Kier alpha value is -3.38. The maximum atomic E-state index is 13.4. The van der Waals surface area contributed by atoms with Crippen LogP contribution < -0.4 is 9.86 Å². The van der Waals surface area contributed by atoms with Gasteiger partial charge in [-0.15, -0.1) is 0 Å². The minimum Gasteiger partial charge on any atom is -0.321 e. The number of pyridine rings is 1. The average Bonchev–Trinajstić information content (AvgIpc) is 2.74. The van der Waals surface area contributed by atoms with Crippen molar-refractivity contribution in [1.29, 1.82) is 0 Å². The van der Waals surface area contributed by atoms with Crippen LogP contribution in [-0.2, 0) is 16.6 Å². The van der Waals surface area contributed by atoms with Crippen LogP contribution in [0.2, 0.25) is 0 Å². The number of fused-ring (bicyclic) bond motifs is 1. The van der Waals surface area contributed by atoms with Crippen molar-refractivity contribution in [2.75, 3.05) is 4.31 Å². The summed E-state index contributed by atoms with van der Waals surface area (Å²) in [4.78, 5) is 15.8. The third-order valence-corrected chi connectivity index (χ3v) is 6.64. The molecule has 1 heterocycles. The number of rotatable bonds is 5. The van der Waals surface area contributed by atoms with Crippen molar-refractivity contribution in [2.24, 2.45) is 0 Å². The number of benzene rings is 3. The van der Waals surface area contributed by atoms with Gasteiger partial charge in [-0.25, -0.2) is 8.42 Å². The molecule has 3 aromatic carbocycles. The summed E-state index contributed by atoms with van der Waals surface area (Å²) in [5, 5.41) is 0.865. The Morgan fingerprint density at radius 1 is 0.862 bits per heavy atom. The number of aromatic nitrogens is 1. The molecule has 0 saturated carbocycles. The maximum absolute atomic E-state index is 13.4. The molecule has 0 amide bonds. The van der Waals surface area contributed by atoms with E-state index in [4.69, 9.17) is 0 Å². The van der Waals surface area contributed by atoms with E-state index in [2.05, 4.69) is 4.98 Å². The molecule has 0 unspecified atom stereocenters. The largest absolute Gasteiger partial charge is 0.321 e. The zero-order valence-corrected chi connectivity index (χ0v) is 16.7. The van der Waals surface area contributed by atoms with Gasteiger partial charge in [0.15, 0.2) is 0 Å². The van der Waals surface area contributed by atoms with Crippen molar-refractivity contribution in [3.63, 3.8) is 0 Å². The van der Waals surface area contributed by atoms with Crippen molar-refractivity contribution >= 4 is 26.6 Å². The molecule has 0 fully saturated rings. The number of hydrogen-bond donors (Lipinski definition) is 1. The van der Waals surface area contributed by atoms with Crippen LogP contribution in [0.25, 0.3) is 10.9 Å². The highest BCUT2D eigenvalue weighted by molar-refractivity contribution is 7.92. The average molecular weight is 404 g/mol. The molecule has 1 aromatic heterocycles. The SMILES string of the molecule is Cc1cccc2cc(CN(c3ccccc3)S(=O)(=O)c3ccccc3)c(=O)[nH]c12. The van der Waals surface area contributed by atoms with Gasteiger partial charge in [0, 0.05) is 5.56 Å². The fourth-order valence-electron chi connectivity index (χ4n) is 3.33. The fraction of sp³-hybridized carbons (Fsp3) is 0.0870. The van der Waals surface area contributed by atoms with Gasteiger partial charge in [-0.2, -0.15) is 0 Å². The number of nitrogens with zero attached hydrogens (tertiary/aromatic N) is 1. The molecule has 146 valence electrons. The molecule has 5 nitrogen and oxygen atoms in total. The molecular weight excluding hydrogens is 384 g/mol. The second-order valence-electron chi connectivity index (χ2n) is 6.82. The Kier molecular flexibility index (Phi) is 4.94. The molecular formula is C23H20N2O3S. The highest BCUT2D eigenvalue weighted by Gasteiger charge is 2.26. The number of H-pyrrole nitrogens is 1. The summed E-state index contributed by atoms with van der Waals surface area (Å²) >= 11 is 0. The molecule has 0 aliphatic carbocycles. The minimum atomic E-state index is -3.85. The highest BCUT2D eigenvalue weighted by atomic mass is 32.2. The fourth-order valence-corrected chi connectivity index (χ4v) is 4.79. The van der Waals surface area contributed by atoms with Crippen molar-refractivity contribution in [2.45, 2.75) is 18.4 Å². The van der Waals surface area contributed by atoms with Gasteiger partial charge < -0.3 is 4.98 Å². The first-order valence-corrected chi connectivity index (χ1v) is 10.7. The third kappa shape index (κ3) is 3.67. The molecule has 0 radical (unpaired) electrons. The van der Waals surface area contributed by atoms with Crippen LogP contribution in [-0.4, -0.2) is 13.4 Å². The number of aromatic amines is 1. The summed E-state index contributed by atoms with van der Waals surface area (Å²) < 4.78 is 28.0. The second kappa shape index (κ2) is 7.56. The molecule has 0 aliphatic heterocycles. The maximum Gasteiger partial charge on any atom is 0.264 e. The van der Waals surface area contributed by atoms with Crippen LogP contribution in [0.1, 0.15) is 11.1 Å². The van der Waals surface area contributed by atoms with E-state index in [1.54, 1.807) is 60.7 Å². The van der Waals surface area contributed by atoms with Gasteiger partial charge in [0.25, 0.3) is 15.6 Å². The Balaban J connectivity index is 1.85. The third-order valence-electron chi connectivity index (χ3n) is 4.85. The quantitative estimate of drug-likeness (QED) is 0.541. The van der Waals surface area contributed by atoms with Crippen molar-refractivity contribution in [3.05, 3.63) is 106 Å². The van der Waals surface area contributed by atoms with E-state index in [1.165, 1.54) is 4.31 Å². The Bertz CT molecular complexity index is 1310. The van der Waals surface area contributed by atoms with E-state index >= 15 is 0 Å². The lowest BCUT2D eigenvalue weighted by atomic mass is 10.1. The summed E-state index contributed by atoms with van der Waals surface area (Å²) in [5.41, 5.74) is 2.31. The number of aryl methyl sites for hydroxylation is 1. The zero-order valence-electron chi connectivity index (χ0n) is 15.9. The topological polar surface area (TPSA) is 70.2 Å². The van der Waals surface area contributed by atoms with Crippen LogP contribution in [0.15, 0.2) is 94.6 Å². The van der Waals surface area contributed by atoms with E-state index in [-0.39, 0.29) is 17.0 Å². The van der Waals surface area contributed by atoms with Crippen LogP contribution in [0.3, 0.4) is 0 Å². The number of anilines is 1. The monoisotopic (exact) mass is 404 g/mol. The van der Waals surface area contributed by atoms with Crippen molar-refractivity contribution in [1.82, 2.24) is 4.98 Å². The van der Waals surface area contributed by atoms with Gasteiger partial charge >= 0.3 is 0 Å². The molecule has 6 heteroatoms. The number of nitrogens with one attached hydrogen (secondary N) is 1. The van der Waals surface area contributed by atoms with E-state index in [0.717, 1.165) is 16.5 Å². The summed E-state index contributed by atoms with van der Waals surface area (Å²) in [6, 6.07) is 24.6. The molecule has 0 saturated heterocycles. The molecule has 1 N–H and O–H groups in total. The summed E-state index contributed by atoms with van der Waals surface area (Å²) in [5.74, 6) is 0. The predicted octanol–water partition coefficient (Wildman–Crippen LogP) is 4.23. The highest BCUT2D eigenvalue weighted by Crippen LogP contribution is 2.26. The Labute approximate surface area is 169 Å². The lowest BCUT2D eigenvalue weighted by Gasteiger charge is -2.24. The Morgan fingerprint density at radius 2 is 1.52 bits per heavy atom. The minimum absolute atomic E-state index is 0.0690. The standard InChI is InChI=1S/C23H20N2O3S/c1-17-9-8-10-18-15-19(23(26)24-22(17)18)16-25(20-11-4-2-5-12-20)29(27,28)21-13-6-3-7-14-21/h2-15H,16H2,1H3,(H,24,26). The second-order valence-corrected chi connectivity index (χ2v) is 8.69. The van der Waals surface area contributed by atoms with Crippen molar-refractivity contribution < 1.29 is 8.42 Å². The van der Waals surface area contributed by atoms with Crippen LogP contribution >= 0.6 is 0 Å². The molecule has 0 atom stereocenters. The van der Waals surface area contributed by atoms with Crippen LogP contribution in [0.5, 0.6) is 0 Å². The van der Waals surface area contributed by atoms with E-state index in [1.807, 2.05) is 31.2 Å². The van der Waals surface area contributed by atoms with E-state index in [0.29, 0.717) is 11.3 Å². The van der Waals surface area contributed by atoms with Gasteiger partial charge in [0.1, 0.15) is 0 Å². The molecule has 0 aliphatic rings. The first-order chi connectivity index (χ1) is 14.0. The molecule has 29 heavy (non-hydrogen) atoms. The molecule has 0 spiro atoms. The first-order valence-electron chi connectivity index (χ1n) is 9.21. The lowest BCUT2D eigenvalue weighted by molar-refractivity contribution is 0.590. The number of sulfonamides is 1. The van der Waals surface area contributed by atoms with Crippen molar-refractivity contribution in [3.8, 4) is 0 Å². The van der Waals surface area contributed by atoms with E-state index < -0.39 is 10.0 Å². The van der Waals surface area contributed by atoms with Gasteiger partial charge in [-0.1, -0.05) is 54.6 Å². The lowest BCUT2D eigenvalue weighted by Crippen LogP contribution is -2.33.